The maximum atomic E-state index is 4.39. The Morgan fingerprint density at radius 2 is 2.26 bits per heavy atom. The van der Waals surface area contributed by atoms with Gasteiger partial charge in [0.25, 0.3) is 0 Å². The fourth-order valence-corrected chi connectivity index (χ4v) is 3.01. The van der Waals surface area contributed by atoms with E-state index in [4.69, 9.17) is 0 Å². The number of nitrogens with one attached hydrogen (secondary N) is 1. The van der Waals surface area contributed by atoms with E-state index >= 15 is 0 Å². The highest BCUT2D eigenvalue weighted by atomic mass is 15.3. The van der Waals surface area contributed by atoms with Crippen molar-refractivity contribution >= 4 is 0 Å². The van der Waals surface area contributed by atoms with Gasteiger partial charge in [0.15, 0.2) is 0 Å². The lowest BCUT2D eigenvalue weighted by Crippen LogP contribution is -2.38. The Labute approximate surface area is 116 Å². The van der Waals surface area contributed by atoms with Gasteiger partial charge in [-0.25, -0.2) is 0 Å². The van der Waals surface area contributed by atoms with Gasteiger partial charge >= 0.3 is 0 Å². The van der Waals surface area contributed by atoms with Crippen molar-refractivity contribution in [2.75, 3.05) is 19.6 Å². The van der Waals surface area contributed by atoms with Crippen LogP contribution in [0, 0.1) is 5.92 Å². The van der Waals surface area contributed by atoms with Crippen LogP contribution in [0.15, 0.2) is 12.4 Å². The minimum absolute atomic E-state index is 0.708. The molecular weight excluding hydrogens is 236 g/mol. The molecule has 0 spiro atoms. The molecule has 0 amide bonds. The maximum absolute atomic E-state index is 4.39. The number of hydrogen-bond donors (Lipinski definition) is 1. The summed E-state index contributed by atoms with van der Waals surface area (Å²) in [7, 11) is 0. The average molecular weight is 262 g/mol. The first kappa shape index (κ1) is 13.1. The van der Waals surface area contributed by atoms with Gasteiger partial charge in [0, 0.05) is 44.0 Å². The number of aromatic nitrogens is 2. The maximum Gasteiger partial charge on any atom is 0.0534 e. The molecule has 1 atom stereocenters. The lowest BCUT2D eigenvalue weighted by Gasteiger charge is -2.25. The third-order valence-electron chi connectivity index (χ3n) is 4.27. The Balaban J connectivity index is 1.57. The largest absolute Gasteiger partial charge is 0.313 e. The fourth-order valence-electron chi connectivity index (χ4n) is 3.01. The van der Waals surface area contributed by atoms with Crippen LogP contribution in [0.4, 0.5) is 0 Å². The molecule has 1 N–H and O–H groups in total. The minimum Gasteiger partial charge on any atom is -0.313 e. The van der Waals surface area contributed by atoms with Crippen molar-refractivity contribution in [1.82, 2.24) is 20.0 Å². The van der Waals surface area contributed by atoms with Crippen LogP contribution >= 0.6 is 0 Å². The predicted octanol–water partition coefficient (Wildman–Crippen LogP) is 1.87. The van der Waals surface area contributed by atoms with Crippen LogP contribution in [0.3, 0.4) is 0 Å². The summed E-state index contributed by atoms with van der Waals surface area (Å²) < 4.78 is 2.03. The zero-order valence-corrected chi connectivity index (χ0v) is 12.0. The molecule has 1 aliphatic carbocycles. The van der Waals surface area contributed by atoms with Crippen LogP contribution < -0.4 is 5.32 Å². The van der Waals surface area contributed by atoms with Crippen molar-refractivity contribution in [3.05, 3.63) is 18.0 Å². The molecule has 0 bridgehead atoms. The molecule has 106 valence electrons. The van der Waals surface area contributed by atoms with Crippen molar-refractivity contribution in [1.29, 1.82) is 0 Å². The van der Waals surface area contributed by atoms with E-state index in [0.29, 0.717) is 6.04 Å². The van der Waals surface area contributed by atoms with Gasteiger partial charge < -0.3 is 5.32 Å². The molecule has 1 aromatic heterocycles. The zero-order valence-electron chi connectivity index (χ0n) is 12.0. The highest BCUT2D eigenvalue weighted by molar-refractivity contribution is 5.04. The highest BCUT2D eigenvalue weighted by Crippen LogP contribution is 2.30. The average Bonchev–Trinajstić information content (AvgIpc) is 2.91. The van der Waals surface area contributed by atoms with Crippen LogP contribution in [-0.4, -0.2) is 40.4 Å². The summed E-state index contributed by atoms with van der Waals surface area (Å²) in [6, 6.07) is 0.708. The standard InChI is InChI=1S/C15H26N4/c1-2-19-11-14(8-17-19)10-18(9-13-5-6-13)12-15-4-3-7-16-15/h8,11,13,15-16H,2-7,9-10,12H2,1H3. The lowest BCUT2D eigenvalue weighted by atomic mass is 10.2. The highest BCUT2D eigenvalue weighted by Gasteiger charge is 2.26. The third-order valence-corrected chi connectivity index (χ3v) is 4.27. The van der Waals surface area contributed by atoms with Crippen molar-refractivity contribution in [3.8, 4) is 0 Å². The van der Waals surface area contributed by atoms with Crippen LogP contribution in [0.25, 0.3) is 0 Å². The number of aryl methyl sites for hydroxylation is 1. The Morgan fingerprint density at radius 1 is 1.37 bits per heavy atom. The Bertz CT molecular complexity index is 391. The summed E-state index contributed by atoms with van der Waals surface area (Å²) in [6.07, 6.45) is 9.78. The van der Waals surface area contributed by atoms with E-state index in [1.54, 1.807) is 0 Å². The quantitative estimate of drug-likeness (QED) is 0.814. The van der Waals surface area contributed by atoms with Gasteiger partial charge in [-0.15, -0.1) is 0 Å². The van der Waals surface area contributed by atoms with E-state index in [2.05, 4.69) is 28.4 Å². The van der Waals surface area contributed by atoms with Crippen molar-refractivity contribution in [3.63, 3.8) is 0 Å². The van der Waals surface area contributed by atoms with E-state index in [9.17, 15) is 0 Å². The SMILES string of the molecule is CCn1cc(CN(CC2CC2)CC2CCCN2)cn1. The molecule has 19 heavy (non-hydrogen) atoms. The van der Waals surface area contributed by atoms with Crippen molar-refractivity contribution in [2.45, 2.75) is 51.7 Å². The summed E-state index contributed by atoms with van der Waals surface area (Å²) >= 11 is 0. The molecule has 2 heterocycles. The molecule has 2 aliphatic rings. The first-order valence-electron chi connectivity index (χ1n) is 7.80. The molecule has 0 aromatic carbocycles. The van der Waals surface area contributed by atoms with Crippen LogP contribution in [-0.2, 0) is 13.1 Å². The van der Waals surface area contributed by atoms with Gasteiger partial charge in [0.2, 0.25) is 0 Å². The first-order chi connectivity index (χ1) is 9.33. The number of rotatable bonds is 7. The lowest BCUT2D eigenvalue weighted by molar-refractivity contribution is 0.232. The molecule has 0 radical (unpaired) electrons. The molecule has 1 unspecified atom stereocenters. The van der Waals surface area contributed by atoms with E-state index in [-0.39, 0.29) is 0 Å². The first-order valence-corrected chi connectivity index (χ1v) is 7.80. The van der Waals surface area contributed by atoms with Gasteiger partial charge in [0.05, 0.1) is 6.20 Å². The molecule has 1 saturated heterocycles. The number of hydrogen-bond acceptors (Lipinski definition) is 3. The van der Waals surface area contributed by atoms with Crippen molar-refractivity contribution in [2.24, 2.45) is 5.92 Å². The van der Waals surface area contributed by atoms with Crippen LogP contribution in [0.1, 0.15) is 38.2 Å². The molecule has 1 aliphatic heterocycles. The molecular formula is C15H26N4. The summed E-state index contributed by atoms with van der Waals surface area (Å²) in [5.41, 5.74) is 1.36. The fraction of sp³-hybridized carbons (Fsp3) is 0.800. The summed E-state index contributed by atoms with van der Waals surface area (Å²) in [4.78, 5) is 2.64. The topological polar surface area (TPSA) is 33.1 Å². The van der Waals surface area contributed by atoms with Crippen LogP contribution in [0.2, 0.25) is 0 Å². The second-order valence-corrected chi connectivity index (χ2v) is 6.14. The van der Waals surface area contributed by atoms with Gasteiger partial charge in [-0.1, -0.05) is 0 Å². The Morgan fingerprint density at radius 3 is 2.89 bits per heavy atom. The van der Waals surface area contributed by atoms with Gasteiger partial charge in [-0.2, -0.15) is 5.10 Å². The monoisotopic (exact) mass is 262 g/mol. The van der Waals surface area contributed by atoms with Crippen molar-refractivity contribution < 1.29 is 0 Å². The van der Waals surface area contributed by atoms with Crippen LogP contribution in [0.5, 0.6) is 0 Å². The summed E-state index contributed by atoms with van der Waals surface area (Å²) in [5.74, 6) is 0.961. The number of nitrogens with zero attached hydrogens (tertiary/aromatic N) is 3. The third kappa shape index (κ3) is 3.80. The molecule has 1 saturated carbocycles. The Kier molecular flexibility index (Phi) is 4.18. The van der Waals surface area contributed by atoms with E-state index in [0.717, 1.165) is 19.0 Å². The second kappa shape index (κ2) is 6.06. The molecule has 4 nitrogen and oxygen atoms in total. The van der Waals surface area contributed by atoms with E-state index in [1.165, 1.54) is 50.9 Å². The normalized spacial score (nSPS) is 23.4. The second-order valence-electron chi connectivity index (χ2n) is 6.14. The molecule has 4 heteroatoms. The molecule has 1 aromatic rings. The van der Waals surface area contributed by atoms with E-state index < -0.39 is 0 Å². The predicted molar refractivity (Wildman–Crippen MR) is 76.9 cm³/mol. The minimum atomic E-state index is 0.708. The smallest absolute Gasteiger partial charge is 0.0534 e. The summed E-state index contributed by atoms with van der Waals surface area (Å²) in [5, 5.41) is 8.01. The van der Waals surface area contributed by atoms with Gasteiger partial charge in [0.1, 0.15) is 0 Å². The van der Waals surface area contributed by atoms with E-state index in [1.807, 2.05) is 10.9 Å². The van der Waals surface area contributed by atoms with Gasteiger partial charge in [-0.05, 0) is 45.1 Å². The molecule has 2 fully saturated rings. The Hall–Kier alpha value is -0.870. The molecule has 3 rings (SSSR count). The summed E-state index contributed by atoms with van der Waals surface area (Å²) in [6.45, 7) is 7.85. The zero-order chi connectivity index (χ0) is 13.1. The van der Waals surface area contributed by atoms with Gasteiger partial charge in [-0.3, -0.25) is 9.58 Å².